The predicted octanol–water partition coefficient (Wildman–Crippen LogP) is 2.56. The zero-order valence-electron chi connectivity index (χ0n) is 8.72. The molecule has 0 saturated carbocycles. The summed E-state index contributed by atoms with van der Waals surface area (Å²) in [4.78, 5) is 4.11. The molecule has 2 aromatic rings. The highest BCUT2D eigenvalue weighted by Crippen LogP contribution is 2.33. The van der Waals surface area contributed by atoms with Crippen LogP contribution in [0.2, 0.25) is 0 Å². The molecular weight excluding hydrogens is 220 g/mol. The van der Waals surface area contributed by atoms with E-state index < -0.39 is 0 Å². The minimum Gasteiger partial charge on any atom is -0.485 e. The number of hydrogen-bond donors (Lipinski definition) is 1. The number of hydrogen-bond acceptors (Lipinski definition) is 4. The van der Waals surface area contributed by atoms with Gasteiger partial charge in [-0.2, -0.15) is 0 Å². The molecule has 82 valence electrons. The fourth-order valence-electron chi connectivity index (χ4n) is 1.85. The maximum atomic E-state index is 5.90. The number of nitrogens with one attached hydrogen (secondary N) is 1. The summed E-state index contributed by atoms with van der Waals surface area (Å²) < 4.78 is 5.90. The highest BCUT2D eigenvalue weighted by atomic mass is 32.1. The molecule has 1 atom stereocenters. The first kappa shape index (κ1) is 9.66. The standard InChI is InChI=1S/C12H12N2OS/c1-2-9(5-13-3-1)4-10-6-14-11-7-16-8-12(11)15-10/h1-3,5,7-8,10,14H,4,6H2. The third kappa shape index (κ3) is 1.88. The summed E-state index contributed by atoms with van der Waals surface area (Å²) in [6.07, 6.45) is 4.79. The topological polar surface area (TPSA) is 34.2 Å². The Bertz CT molecular complexity index is 469. The number of thiophene rings is 1. The predicted molar refractivity (Wildman–Crippen MR) is 65.2 cm³/mol. The van der Waals surface area contributed by atoms with Crippen molar-refractivity contribution in [3.63, 3.8) is 0 Å². The second-order valence-electron chi connectivity index (χ2n) is 3.84. The van der Waals surface area contributed by atoms with Gasteiger partial charge >= 0.3 is 0 Å². The molecule has 4 heteroatoms. The van der Waals surface area contributed by atoms with Gasteiger partial charge in [-0.15, -0.1) is 11.3 Å². The molecule has 0 amide bonds. The molecule has 0 bridgehead atoms. The number of fused-ring (bicyclic) bond motifs is 1. The van der Waals surface area contributed by atoms with Crippen LogP contribution in [0.15, 0.2) is 35.3 Å². The highest BCUT2D eigenvalue weighted by Gasteiger charge is 2.19. The van der Waals surface area contributed by atoms with Crippen LogP contribution in [0.4, 0.5) is 5.69 Å². The maximum absolute atomic E-state index is 5.90. The second kappa shape index (κ2) is 4.14. The zero-order chi connectivity index (χ0) is 10.8. The van der Waals surface area contributed by atoms with E-state index in [1.165, 1.54) is 5.56 Å². The zero-order valence-corrected chi connectivity index (χ0v) is 9.54. The van der Waals surface area contributed by atoms with Gasteiger partial charge in [0.25, 0.3) is 0 Å². The lowest BCUT2D eigenvalue weighted by Gasteiger charge is -2.25. The first-order valence-electron chi connectivity index (χ1n) is 5.27. The molecule has 0 aliphatic carbocycles. The Kier molecular flexibility index (Phi) is 2.50. The summed E-state index contributed by atoms with van der Waals surface area (Å²) in [6, 6.07) is 4.04. The van der Waals surface area contributed by atoms with Gasteiger partial charge < -0.3 is 10.1 Å². The Morgan fingerprint density at radius 1 is 1.50 bits per heavy atom. The van der Waals surface area contributed by atoms with Crippen LogP contribution in [0, 0.1) is 0 Å². The van der Waals surface area contributed by atoms with Crippen LogP contribution >= 0.6 is 11.3 Å². The van der Waals surface area contributed by atoms with E-state index in [4.69, 9.17) is 4.74 Å². The summed E-state index contributed by atoms with van der Waals surface area (Å²) >= 11 is 1.66. The van der Waals surface area contributed by atoms with Crippen molar-refractivity contribution >= 4 is 17.0 Å². The molecule has 0 fully saturated rings. The third-order valence-electron chi connectivity index (χ3n) is 2.63. The number of ether oxygens (including phenoxy) is 1. The Balaban J connectivity index is 1.71. The van der Waals surface area contributed by atoms with E-state index in [9.17, 15) is 0 Å². The van der Waals surface area contributed by atoms with Crippen molar-refractivity contribution in [3.8, 4) is 5.75 Å². The van der Waals surface area contributed by atoms with Crippen molar-refractivity contribution in [3.05, 3.63) is 40.8 Å². The molecular formula is C12H12N2OS. The minimum absolute atomic E-state index is 0.200. The van der Waals surface area contributed by atoms with Crippen molar-refractivity contribution < 1.29 is 4.74 Å². The molecule has 3 rings (SSSR count). The Morgan fingerprint density at radius 3 is 3.38 bits per heavy atom. The van der Waals surface area contributed by atoms with Crippen molar-refractivity contribution in [1.82, 2.24) is 4.98 Å². The summed E-state index contributed by atoms with van der Waals surface area (Å²) in [5.74, 6) is 0.977. The lowest BCUT2D eigenvalue weighted by Crippen LogP contribution is -2.32. The maximum Gasteiger partial charge on any atom is 0.153 e. The van der Waals surface area contributed by atoms with Gasteiger partial charge in [0.05, 0.1) is 12.2 Å². The van der Waals surface area contributed by atoms with Crippen LogP contribution in [0.3, 0.4) is 0 Å². The summed E-state index contributed by atoms with van der Waals surface area (Å²) in [5.41, 5.74) is 2.33. The fourth-order valence-corrected chi connectivity index (χ4v) is 2.56. The molecule has 16 heavy (non-hydrogen) atoms. The second-order valence-corrected chi connectivity index (χ2v) is 4.58. The van der Waals surface area contributed by atoms with Crippen LogP contribution < -0.4 is 10.1 Å². The van der Waals surface area contributed by atoms with Gasteiger partial charge in [-0.05, 0) is 11.6 Å². The van der Waals surface area contributed by atoms with E-state index >= 15 is 0 Å². The van der Waals surface area contributed by atoms with Crippen LogP contribution in [0.25, 0.3) is 0 Å². The fraction of sp³-hybridized carbons (Fsp3) is 0.250. The number of pyridine rings is 1. The normalized spacial score (nSPS) is 18.4. The van der Waals surface area contributed by atoms with Crippen LogP contribution in [-0.4, -0.2) is 17.6 Å². The summed E-state index contributed by atoms with van der Waals surface area (Å²) in [7, 11) is 0. The largest absolute Gasteiger partial charge is 0.485 e. The van der Waals surface area contributed by atoms with Gasteiger partial charge in [-0.3, -0.25) is 4.98 Å². The van der Waals surface area contributed by atoms with Gasteiger partial charge in [0.2, 0.25) is 0 Å². The van der Waals surface area contributed by atoms with Gasteiger partial charge in [0.1, 0.15) is 6.10 Å². The molecule has 1 N–H and O–H groups in total. The van der Waals surface area contributed by atoms with Gasteiger partial charge in [-0.1, -0.05) is 6.07 Å². The Hall–Kier alpha value is -1.55. The molecule has 1 aliphatic heterocycles. The average Bonchev–Trinajstić information content (AvgIpc) is 2.77. The first-order valence-corrected chi connectivity index (χ1v) is 6.22. The first-order chi connectivity index (χ1) is 7.92. The molecule has 3 heterocycles. The summed E-state index contributed by atoms with van der Waals surface area (Å²) in [5, 5.41) is 7.50. The average molecular weight is 232 g/mol. The molecule has 1 unspecified atom stereocenters. The molecule has 2 aromatic heterocycles. The van der Waals surface area contributed by atoms with Crippen molar-refractivity contribution in [2.24, 2.45) is 0 Å². The third-order valence-corrected chi connectivity index (χ3v) is 3.35. The highest BCUT2D eigenvalue weighted by molar-refractivity contribution is 7.08. The van der Waals surface area contributed by atoms with Crippen molar-refractivity contribution in [2.45, 2.75) is 12.5 Å². The van der Waals surface area contributed by atoms with Gasteiger partial charge in [0.15, 0.2) is 5.75 Å². The molecule has 0 saturated heterocycles. The Labute approximate surface area is 98.1 Å². The van der Waals surface area contributed by atoms with Crippen LogP contribution in [0.1, 0.15) is 5.56 Å². The Morgan fingerprint density at radius 2 is 2.50 bits per heavy atom. The number of nitrogens with zero attached hydrogens (tertiary/aromatic N) is 1. The molecule has 0 aromatic carbocycles. The van der Waals surface area contributed by atoms with Crippen molar-refractivity contribution in [1.29, 1.82) is 0 Å². The lowest BCUT2D eigenvalue weighted by molar-refractivity contribution is 0.207. The minimum atomic E-state index is 0.200. The van der Waals surface area contributed by atoms with Crippen LogP contribution in [-0.2, 0) is 6.42 Å². The van der Waals surface area contributed by atoms with E-state index in [2.05, 4.69) is 21.7 Å². The molecule has 0 radical (unpaired) electrons. The molecule has 1 aliphatic rings. The van der Waals surface area contributed by atoms with Gasteiger partial charge in [0, 0.05) is 29.6 Å². The van der Waals surface area contributed by atoms with E-state index in [1.807, 2.05) is 17.6 Å². The van der Waals surface area contributed by atoms with E-state index in [0.29, 0.717) is 0 Å². The van der Waals surface area contributed by atoms with Gasteiger partial charge in [-0.25, -0.2) is 0 Å². The number of rotatable bonds is 2. The monoisotopic (exact) mass is 232 g/mol. The molecule has 3 nitrogen and oxygen atoms in total. The number of anilines is 1. The van der Waals surface area contributed by atoms with Crippen molar-refractivity contribution in [2.75, 3.05) is 11.9 Å². The van der Waals surface area contributed by atoms with Crippen LogP contribution in [0.5, 0.6) is 5.75 Å². The lowest BCUT2D eigenvalue weighted by atomic mass is 10.1. The smallest absolute Gasteiger partial charge is 0.153 e. The SMILES string of the molecule is c1cncc(CC2CNc3cscc3O2)c1. The molecule has 0 spiro atoms. The van der Waals surface area contributed by atoms with E-state index in [-0.39, 0.29) is 6.10 Å². The number of aromatic nitrogens is 1. The quantitative estimate of drug-likeness (QED) is 0.864. The van der Waals surface area contributed by atoms with E-state index in [0.717, 1.165) is 24.4 Å². The summed E-state index contributed by atoms with van der Waals surface area (Å²) in [6.45, 7) is 0.860. The van der Waals surface area contributed by atoms with E-state index in [1.54, 1.807) is 17.5 Å².